The standard InChI is InChI=1S/C26H35N3O3S/c1-18(2)33(31,32)24-11-9-20(10-12-24)16-29-13-5-8-22(17-29)25-14-23(15-27-19(25)3)28-26(30)21-6-4-7-21/h9-12,14-15,18,21-22H,4-8,13,16-17H2,1-3H3,(H,28,30). The number of hydrogen-bond donors (Lipinski definition) is 1. The maximum atomic E-state index is 12.4. The summed E-state index contributed by atoms with van der Waals surface area (Å²) in [6, 6.07) is 9.44. The predicted molar refractivity (Wildman–Crippen MR) is 131 cm³/mol. The normalized spacial score (nSPS) is 19.9. The summed E-state index contributed by atoms with van der Waals surface area (Å²) in [6.45, 7) is 8.20. The van der Waals surface area contributed by atoms with Gasteiger partial charge in [0.15, 0.2) is 9.84 Å². The molecular weight excluding hydrogens is 434 g/mol. The molecule has 6 nitrogen and oxygen atoms in total. The molecule has 0 spiro atoms. The van der Waals surface area contributed by atoms with Crippen molar-refractivity contribution in [2.24, 2.45) is 5.92 Å². The number of hydrogen-bond acceptors (Lipinski definition) is 5. The highest BCUT2D eigenvalue weighted by atomic mass is 32.2. The number of rotatable bonds is 7. The lowest BCUT2D eigenvalue weighted by Crippen LogP contribution is -2.34. The molecule has 178 valence electrons. The molecule has 2 aromatic rings. The molecule has 2 fully saturated rings. The summed E-state index contributed by atoms with van der Waals surface area (Å²) in [4.78, 5) is 19.8. The first-order valence-corrected chi connectivity index (χ1v) is 13.6. The molecular formula is C26H35N3O3S. The van der Waals surface area contributed by atoms with Crippen molar-refractivity contribution in [1.82, 2.24) is 9.88 Å². The van der Waals surface area contributed by atoms with Gasteiger partial charge in [0.25, 0.3) is 0 Å². The van der Waals surface area contributed by atoms with Crippen LogP contribution in [0, 0.1) is 12.8 Å². The number of carbonyl (C=O) groups excluding carboxylic acids is 1. The van der Waals surface area contributed by atoms with E-state index < -0.39 is 15.1 Å². The largest absolute Gasteiger partial charge is 0.324 e. The topological polar surface area (TPSA) is 79.4 Å². The van der Waals surface area contributed by atoms with Crippen LogP contribution in [0.1, 0.15) is 68.7 Å². The fourth-order valence-electron chi connectivity index (χ4n) is 4.71. The Hall–Kier alpha value is -2.25. The zero-order chi connectivity index (χ0) is 23.6. The smallest absolute Gasteiger partial charge is 0.227 e. The Morgan fingerprint density at radius 3 is 2.52 bits per heavy atom. The zero-order valence-electron chi connectivity index (χ0n) is 19.9. The van der Waals surface area contributed by atoms with Gasteiger partial charge in [0, 0.05) is 24.7 Å². The summed E-state index contributed by atoms with van der Waals surface area (Å²) in [6.07, 6.45) is 7.08. The number of nitrogens with one attached hydrogen (secondary N) is 1. The SMILES string of the molecule is Cc1ncc(NC(=O)C2CCC2)cc1C1CCCN(Cc2ccc(S(=O)(=O)C(C)C)cc2)C1. The van der Waals surface area contributed by atoms with E-state index in [4.69, 9.17) is 0 Å². The van der Waals surface area contributed by atoms with Gasteiger partial charge in [-0.15, -0.1) is 0 Å². The third kappa shape index (κ3) is 5.46. The van der Waals surface area contributed by atoms with Crippen molar-refractivity contribution < 1.29 is 13.2 Å². The molecule has 2 heterocycles. The predicted octanol–water partition coefficient (Wildman–Crippen LogP) is 4.69. The minimum atomic E-state index is -3.24. The van der Waals surface area contributed by atoms with E-state index in [-0.39, 0.29) is 11.8 Å². The lowest BCUT2D eigenvalue weighted by atomic mass is 9.84. The highest BCUT2D eigenvalue weighted by Gasteiger charge is 2.27. The Morgan fingerprint density at radius 2 is 1.88 bits per heavy atom. The molecule has 1 amide bonds. The van der Waals surface area contributed by atoms with Gasteiger partial charge in [-0.3, -0.25) is 14.7 Å². The van der Waals surface area contributed by atoms with Crippen LogP contribution in [-0.2, 0) is 21.2 Å². The molecule has 2 aliphatic rings. The number of amides is 1. The van der Waals surface area contributed by atoms with Crippen LogP contribution in [0.5, 0.6) is 0 Å². The van der Waals surface area contributed by atoms with Crippen molar-refractivity contribution in [3.05, 3.63) is 53.3 Å². The van der Waals surface area contributed by atoms with Crippen LogP contribution < -0.4 is 5.32 Å². The molecule has 33 heavy (non-hydrogen) atoms. The van der Waals surface area contributed by atoms with Crippen LogP contribution >= 0.6 is 0 Å². The number of pyridine rings is 1. The van der Waals surface area contributed by atoms with Gasteiger partial charge in [-0.2, -0.15) is 0 Å². The minimum absolute atomic E-state index is 0.117. The molecule has 1 saturated carbocycles. The van der Waals surface area contributed by atoms with Crippen LogP contribution in [0.4, 0.5) is 5.69 Å². The molecule has 1 aliphatic carbocycles. The van der Waals surface area contributed by atoms with Crippen LogP contribution in [0.15, 0.2) is 41.4 Å². The number of anilines is 1. The lowest BCUT2D eigenvalue weighted by molar-refractivity contribution is -0.122. The number of carbonyl (C=O) groups is 1. The number of aromatic nitrogens is 1. The van der Waals surface area contributed by atoms with E-state index in [9.17, 15) is 13.2 Å². The molecule has 1 aromatic heterocycles. The molecule has 1 atom stereocenters. The molecule has 1 aliphatic heterocycles. The van der Waals surface area contributed by atoms with Crippen molar-refractivity contribution in [1.29, 1.82) is 0 Å². The average Bonchev–Trinajstić information content (AvgIpc) is 2.74. The second-order valence-corrected chi connectivity index (χ2v) is 12.3. The summed E-state index contributed by atoms with van der Waals surface area (Å²) in [7, 11) is -3.24. The van der Waals surface area contributed by atoms with E-state index in [2.05, 4.69) is 21.3 Å². The van der Waals surface area contributed by atoms with Gasteiger partial charge >= 0.3 is 0 Å². The highest BCUT2D eigenvalue weighted by molar-refractivity contribution is 7.92. The lowest BCUT2D eigenvalue weighted by Gasteiger charge is -2.33. The van der Waals surface area contributed by atoms with Crippen LogP contribution in [0.2, 0.25) is 0 Å². The Bertz CT molecular complexity index is 1090. The maximum absolute atomic E-state index is 12.4. The maximum Gasteiger partial charge on any atom is 0.227 e. The Labute approximate surface area is 197 Å². The molecule has 1 aromatic carbocycles. The third-order valence-electron chi connectivity index (χ3n) is 7.09. The Kier molecular flexibility index (Phi) is 7.19. The second-order valence-electron chi connectivity index (χ2n) is 9.83. The molecule has 0 radical (unpaired) electrons. The first-order valence-electron chi connectivity index (χ1n) is 12.1. The molecule has 1 saturated heterocycles. The number of benzene rings is 1. The quantitative estimate of drug-likeness (QED) is 0.636. The van der Waals surface area contributed by atoms with Crippen molar-refractivity contribution in [3.63, 3.8) is 0 Å². The van der Waals surface area contributed by atoms with E-state index in [0.29, 0.717) is 10.8 Å². The van der Waals surface area contributed by atoms with Crippen LogP contribution in [-0.4, -0.2) is 42.5 Å². The molecule has 1 unspecified atom stereocenters. The summed E-state index contributed by atoms with van der Waals surface area (Å²) >= 11 is 0. The fourth-order valence-corrected chi connectivity index (χ4v) is 5.77. The van der Waals surface area contributed by atoms with E-state index in [1.54, 1.807) is 32.2 Å². The number of piperidine rings is 1. The summed E-state index contributed by atoms with van der Waals surface area (Å²) < 4.78 is 24.7. The average molecular weight is 470 g/mol. The van der Waals surface area contributed by atoms with Crippen molar-refractivity contribution in [2.75, 3.05) is 18.4 Å². The third-order valence-corrected chi connectivity index (χ3v) is 9.26. The van der Waals surface area contributed by atoms with Crippen molar-refractivity contribution in [2.45, 2.75) is 75.5 Å². The first-order chi connectivity index (χ1) is 15.7. The van der Waals surface area contributed by atoms with Gasteiger partial charge in [-0.25, -0.2) is 8.42 Å². The van der Waals surface area contributed by atoms with Gasteiger partial charge in [0.1, 0.15) is 0 Å². The number of aryl methyl sites for hydroxylation is 1. The minimum Gasteiger partial charge on any atom is -0.324 e. The zero-order valence-corrected chi connectivity index (χ0v) is 20.7. The Balaban J connectivity index is 1.42. The number of likely N-dealkylation sites (tertiary alicyclic amines) is 1. The monoisotopic (exact) mass is 469 g/mol. The van der Waals surface area contributed by atoms with Crippen LogP contribution in [0.25, 0.3) is 0 Å². The first kappa shape index (κ1) is 23.9. The number of sulfone groups is 1. The van der Waals surface area contributed by atoms with Crippen LogP contribution in [0.3, 0.4) is 0 Å². The van der Waals surface area contributed by atoms with Crippen molar-refractivity contribution >= 4 is 21.4 Å². The molecule has 4 rings (SSSR count). The molecule has 1 N–H and O–H groups in total. The van der Waals surface area contributed by atoms with E-state index in [0.717, 1.165) is 68.7 Å². The van der Waals surface area contributed by atoms with Gasteiger partial charge in [0.2, 0.25) is 5.91 Å². The fraction of sp³-hybridized carbons (Fsp3) is 0.538. The van der Waals surface area contributed by atoms with E-state index in [1.807, 2.05) is 19.1 Å². The molecule has 7 heteroatoms. The van der Waals surface area contributed by atoms with E-state index >= 15 is 0 Å². The molecule has 0 bridgehead atoms. The Morgan fingerprint density at radius 1 is 1.15 bits per heavy atom. The number of nitrogens with zero attached hydrogens (tertiary/aromatic N) is 2. The van der Waals surface area contributed by atoms with Gasteiger partial charge in [-0.05, 0) is 88.2 Å². The van der Waals surface area contributed by atoms with Gasteiger partial charge in [-0.1, -0.05) is 18.6 Å². The highest BCUT2D eigenvalue weighted by Crippen LogP contribution is 2.32. The second kappa shape index (κ2) is 9.94. The summed E-state index contributed by atoms with van der Waals surface area (Å²) in [5.74, 6) is 0.639. The van der Waals surface area contributed by atoms with Gasteiger partial charge in [0.05, 0.1) is 22.0 Å². The van der Waals surface area contributed by atoms with Crippen molar-refractivity contribution in [3.8, 4) is 0 Å². The summed E-state index contributed by atoms with van der Waals surface area (Å²) in [5, 5.41) is 2.64. The van der Waals surface area contributed by atoms with Gasteiger partial charge < -0.3 is 5.32 Å². The van der Waals surface area contributed by atoms with E-state index in [1.165, 1.54) is 5.56 Å². The summed E-state index contributed by atoms with van der Waals surface area (Å²) in [5.41, 5.74) is 4.15.